The van der Waals surface area contributed by atoms with E-state index in [2.05, 4.69) is 35.8 Å². The Morgan fingerprint density at radius 2 is 2.08 bits per heavy atom. The fourth-order valence-corrected chi connectivity index (χ4v) is 1.26. The van der Waals surface area contributed by atoms with Crippen LogP contribution < -0.4 is 0 Å². The molecule has 13 heavy (non-hydrogen) atoms. The normalized spacial score (nSPS) is 14.7. The summed E-state index contributed by atoms with van der Waals surface area (Å²) in [6.07, 6.45) is 4.75. The van der Waals surface area contributed by atoms with Gasteiger partial charge in [0.2, 0.25) is 0 Å². The lowest BCUT2D eigenvalue weighted by atomic mass is 10.3. The van der Waals surface area contributed by atoms with Crippen molar-refractivity contribution in [3.8, 4) is 0 Å². The van der Waals surface area contributed by atoms with Gasteiger partial charge in [-0.05, 0) is 7.05 Å². The molecule has 1 aromatic rings. The predicted octanol–water partition coefficient (Wildman–Crippen LogP) is 1.84. The Morgan fingerprint density at radius 1 is 1.38 bits per heavy atom. The van der Waals surface area contributed by atoms with Crippen LogP contribution in [-0.4, -0.2) is 21.9 Å². The van der Waals surface area contributed by atoms with Crippen LogP contribution >= 0.6 is 0 Å². The van der Waals surface area contributed by atoms with Crippen molar-refractivity contribution in [1.82, 2.24) is 14.9 Å². The lowest BCUT2D eigenvalue weighted by molar-refractivity contribution is 0.351. The highest BCUT2D eigenvalue weighted by Crippen LogP contribution is 2.16. The SMILES string of the molecule is CCC.CN1Cc2cncnc2C1. The molecule has 0 N–H and O–H groups in total. The van der Waals surface area contributed by atoms with E-state index >= 15 is 0 Å². The summed E-state index contributed by atoms with van der Waals surface area (Å²) in [6, 6.07) is 0. The summed E-state index contributed by atoms with van der Waals surface area (Å²) in [7, 11) is 2.08. The number of aromatic nitrogens is 2. The molecule has 0 amide bonds. The quantitative estimate of drug-likeness (QED) is 0.608. The van der Waals surface area contributed by atoms with Crippen molar-refractivity contribution in [1.29, 1.82) is 0 Å². The Hall–Kier alpha value is -0.960. The molecule has 0 radical (unpaired) electrons. The van der Waals surface area contributed by atoms with Gasteiger partial charge in [-0.25, -0.2) is 9.97 Å². The molecule has 0 unspecified atom stereocenters. The minimum Gasteiger partial charge on any atom is -0.296 e. The second-order valence-electron chi connectivity index (χ2n) is 3.37. The van der Waals surface area contributed by atoms with Crippen LogP contribution in [-0.2, 0) is 13.1 Å². The molecule has 0 saturated heterocycles. The summed E-state index contributed by atoms with van der Waals surface area (Å²) in [4.78, 5) is 10.3. The molecular formula is C10H17N3. The van der Waals surface area contributed by atoms with Crippen LogP contribution in [0.5, 0.6) is 0 Å². The topological polar surface area (TPSA) is 29.0 Å². The second kappa shape index (κ2) is 4.92. The summed E-state index contributed by atoms with van der Waals surface area (Å²) in [5.74, 6) is 0. The van der Waals surface area contributed by atoms with Gasteiger partial charge in [0, 0.05) is 24.8 Å². The highest BCUT2D eigenvalue weighted by molar-refractivity contribution is 5.19. The maximum atomic E-state index is 4.16. The Labute approximate surface area is 79.8 Å². The number of rotatable bonds is 0. The molecule has 3 heteroatoms. The smallest absolute Gasteiger partial charge is 0.115 e. The number of hydrogen-bond donors (Lipinski definition) is 0. The summed E-state index contributed by atoms with van der Waals surface area (Å²) >= 11 is 0. The van der Waals surface area contributed by atoms with Gasteiger partial charge in [-0.1, -0.05) is 20.3 Å². The van der Waals surface area contributed by atoms with Crippen LogP contribution in [0.4, 0.5) is 0 Å². The molecular weight excluding hydrogens is 162 g/mol. The third-order valence-electron chi connectivity index (χ3n) is 1.74. The number of fused-ring (bicyclic) bond motifs is 1. The van der Waals surface area contributed by atoms with E-state index in [1.54, 1.807) is 6.33 Å². The molecule has 1 aromatic heterocycles. The first-order valence-electron chi connectivity index (χ1n) is 4.74. The molecule has 72 valence electrons. The minimum atomic E-state index is 0.970. The monoisotopic (exact) mass is 179 g/mol. The zero-order valence-electron chi connectivity index (χ0n) is 8.62. The first-order valence-corrected chi connectivity index (χ1v) is 4.74. The fraction of sp³-hybridized carbons (Fsp3) is 0.600. The van der Waals surface area contributed by atoms with Gasteiger partial charge in [0.25, 0.3) is 0 Å². The van der Waals surface area contributed by atoms with E-state index in [1.165, 1.54) is 17.7 Å². The molecule has 2 heterocycles. The molecule has 0 aromatic carbocycles. The van der Waals surface area contributed by atoms with Gasteiger partial charge in [-0.15, -0.1) is 0 Å². The highest BCUT2D eigenvalue weighted by Gasteiger charge is 2.15. The maximum Gasteiger partial charge on any atom is 0.115 e. The van der Waals surface area contributed by atoms with Crippen LogP contribution in [0.3, 0.4) is 0 Å². The van der Waals surface area contributed by atoms with Crippen LogP contribution in [0, 0.1) is 0 Å². The number of nitrogens with zero attached hydrogens (tertiary/aromatic N) is 3. The first kappa shape index (κ1) is 10.1. The zero-order chi connectivity index (χ0) is 9.68. The van der Waals surface area contributed by atoms with E-state index < -0.39 is 0 Å². The van der Waals surface area contributed by atoms with Gasteiger partial charge in [0.15, 0.2) is 0 Å². The standard InChI is InChI=1S/C7H9N3.C3H8/c1-10-3-6-2-8-5-9-7(6)4-10;1-3-2/h2,5H,3-4H2,1H3;3H2,1-2H3. The molecule has 3 nitrogen and oxygen atoms in total. The first-order chi connectivity index (χ1) is 6.27. The molecule has 0 spiro atoms. The van der Waals surface area contributed by atoms with Gasteiger partial charge >= 0.3 is 0 Å². The van der Waals surface area contributed by atoms with Crippen molar-refractivity contribution in [2.75, 3.05) is 7.05 Å². The molecule has 1 aliphatic heterocycles. The van der Waals surface area contributed by atoms with Gasteiger partial charge in [-0.2, -0.15) is 0 Å². The second-order valence-corrected chi connectivity index (χ2v) is 3.37. The van der Waals surface area contributed by atoms with Crippen molar-refractivity contribution in [3.63, 3.8) is 0 Å². The predicted molar refractivity (Wildman–Crippen MR) is 53.2 cm³/mol. The van der Waals surface area contributed by atoms with Crippen molar-refractivity contribution in [3.05, 3.63) is 23.8 Å². The summed E-state index contributed by atoms with van der Waals surface area (Å²) < 4.78 is 0. The zero-order valence-corrected chi connectivity index (χ0v) is 8.62. The van der Waals surface area contributed by atoms with E-state index in [0.717, 1.165) is 13.1 Å². The van der Waals surface area contributed by atoms with Gasteiger partial charge in [0.05, 0.1) is 5.69 Å². The van der Waals surface area contributed by atoms with Crippen LogP contribution in [0.25, 0.3) is 0 Å². The Morgan fingerprint density at radius 3 is 2.69 bits per heavy atom. The fourth-order valence-electron chi connectivity index (χ4n) is 1.26. The van der Waals surface area contributed by atoms with Gasteiger partial charge in [-0.3, -0.25) is 4.90 Å². The average Bonchev–Trinajstić information content (AvgIpc) is 2.45. The van der Waals surface area contributed by atoms with Gasteiger partial charge in [0.1, 0.15) is 6.33 Å². The van der Waals surface area contributed by atoms with Crippen molar-refractivity contribution in [2.24, 2.45) is 0 Å². The largest absolute Gasteiger partial charge is 0.296 e. The Kier molecular flexibility index (Phi) is 3.83. The van der Waals surface area contributed by atoms with E-state index in [0.29, 0.717) is 0 Å². The van der Waals surface area contributed by atoms with Crippen LogP contribution in [0.1, 0.15) is 31.5 Å². The molecule has 0 atom stereocenters. The average molecular weight is 179 g/mol. The van der Waals surface area contributed by atoms with E-state index in [1.807, 2.05) is 6.20 Å². The lowest BCUT2D eigenvalue weighted by Gasteiger charge is -2.01. The highest BCUT2D eigenvalue weighted by atomic mass is 15.1. The molecule has 0 bridgehead atoms. The van der Waals surface area contributed by atoms with E-state index in [-0.39, 0.29) is 0 Å². The molecule has 0 aliphatic carbocycles. The van der Waals surface area contributed by atoms with E-state index in [9.17, 15) is 0 Å². The molecule has 0 fully saturated rings. The third kappa shape index (κ3) is 2.77. The lowest BCUT2D eigenvalue weighted by Crippen LogP contribution is -2.07. The maximum absolute atomic E-state index is 4.16. The Balaban J connectivity index is 0.000000251. The summed E-state index contributed by atoms with van der Waals surface area (Å²) in [6.45, 7) is 6.22. The van der Waals surface area contributed by atoms with Crippen molar-refractivity contribution >= 4 is 0 Å². The molecule has 0 saturated carbocycles. The molecule has 1 aliphatic rings. The number of hydrogen-bond acceptors (Lipinski definition) is 3. The molecule has 2 rings (SSSR count). The Bertz CT molecular complexity index is 235. The summed E-state index contributed by atoms with van der Waals surface area (Å²) in [5.41, 5.74) is 2.45. The van der Waals surface area contributed by atoms with Gasteiger partial charge < -0.3 is 0 Å². The van der Waals surface area contributed by atoms with E-state index in [4.69, 9.17) is 0 Å². The van der Waals surface area contributed by atoms with Crippen LogP contribution in [0.2, 0.25) is 0 Å². The van der Waals surface area contributed by atoms with Crippen molar-refractivity contribution in [2.45, 2.75) is 33.4 Å². The van der Waals surface area contributed by atoms with Crippen LogP contribution in [0.15, 0.2) is 12.5 Å². The third-order valence-corrected chi connectivity index (χ3v) is 1.74. The minimum absolute atomic E-state index is 0.970. The van der Waals surface area contributed by atoms with Crippen molar-refractivity contribution < 1.29 is 0 Å². The summed E-state index contributed by atoms with van der Waals surface area (Å²) in [5, 5.41) is 0.